The second-order valence-electron chi connectivity index (χ2n) is 4.13. The maximum absolute atomic E-state index is 12.9. The molecule has 0 saturated heterocycles. The number of halogens is 4. The summed E-state index contributed by atoms with van der Waals surface area (Å²) >= 11 is 1.67. The Balaban J connectivity index is 2.51. The highest BCUT2D eigenvalue weighted by atomic mass is 127. The summed E-state index contributed by atoms with van der Waals surface area (Å²) in [6.45, 7) is -1.29. The Bertz CT molecular complexity index is 586. The van der Waals surface area contributed by atoms with Crippen LogP contribution in [-0.4, -0.2) is 44.0 Å². The molecule has 2 heterocycles. The third kappa shape index (κ3) is 2.41. The fourth-order valence-electron chi connectivity index (χ4n) is 2.04. The summed E-state index contributed by atoms with van der Waals surface area (Å²) < 4.78 is 39.8. The van der Waals surface area contributed by atoms with Crippen LogP contribution in [0.4, 0.5) is 18.0 Å². The Morgan fingerprint density at radius 2 is 2.05 bits per heavy atom. The van der Waals surface area contributed by atoms with Crippen LogP contribution in [0.2, 0.25) is 0 Å². The predicted octanol–water partition coefficient (Wildman–Crippen LogP) is 1.01. The predicted molar refractivity (Wildman–Crippen MR) is 66.9 cm³/mol. The zero-order valence-electron chi connectivity index (χ0n) is 9.69. The van der Waals surface area contributed by atoms with Crippen LogP contribution < -0.4 is 5.73 Å². The number of nitrogens with two attached hydrogens (primary N) is 1. The SMILES string of the molecule is NC(=O)c1c(I)nn2c1CN(C(=O)O)C(C(F)(F)F)C2. The minimum Gasteiger partial charge on any atom is -0.465 e. The van der Waals surface area contributed by atoms with E-state index in [9.17, 15) is 22.8 Å². The van der Waals surface area contributed by atoms with Gasteiger partial charge in [0, 0.05) is 0 Å². The smallest absolute Gasteiger partial charge is 0.410 e. The van der Waals surface area contributed by atoms with E-state index in [4.69, 9.17) is 10.8 Å². The zero-order valence-corrected chi connectivity index (χ0v) is 11.8. The number of hydrogen-bond acceptors (Lipinski definition) is 3. The summed E-state index contributed by atoms with van der Waals surface area (Å²) in [6, 6.07) is -2.20. The molecule has 7 nitrogen and oxygen atoms in total. The molecule has 1 unspecified atom stereocenters. The molecular formula is C9H8F3IN4O3. The Morgan fingerprint density at radius 3 is 2.50 bits per heavy atom. The first kappa shape index (κ1) is 14.9. The van der Waals surface area contributed by atoms with Gasteiger partial charge in [-0.3, -0.25) is 14.4 Å². The molecule has 0 radical (unpaired) electrons. The fourth-order valence-corrected chi connectivity index (χ4v) is 2.87. The number of rotatable bonds is 1. The Labute approximate surface area is 123 Å². The maximum atomic E-state index is 12.9. The Hall–Kier alpha value is -1.53. The molecule has 0 aromatic carbocycles. The fraction of sp³-hybridized carbons (Fsp3) is 0.444. The molecule has 20 heavy (non-hydrogen) atoms. The minimum atomic E-state index is -4.72. The molecule has 0 fully saturated rings. The molecule has 1 aromatic heterocycles. The van der Waals surface area contributed by atoms with Crippen LogP contribution >= 0.6 is 22.6 Å². The van der Waals surface area contributed by atoms with Gasteiger partial charge in [-0.2, -0.15) is 18.3 Å². The van der Waals surface area contributed by atoms with Gasteiger partial charge in [-0.25, -0.2) is 4.79 Å². The van der Waals surface area contributed by atoms with E-state index in [1.807, 2.05) is 0 Å². The summed E-state index contributed by atoms with van der Waals surface area (Å²) in [5, 5.41) is 12.7. The second-order valence-corrected chi connectivity index (χ2v) is 5.15. The molecule has 0 bridgehead atoms. The lowest BCUT2D eigenvalue weighted by Gasteiger charge is -2.35. The van der Waals surface area contributed by atoms with Gasteiger partial charge in [0.2, 0.25) is 0 Å². The van der Waals surface area contributed by atoms with Crippen molar-refractivity contribution < 1.29 is 27.9 Å². The van der Waals surface area contributed by atoms with Crippen LogP contribution in [0, 0.1) is 3.70 Å². The molecular weight excluding hydrogens is 396 g/mol. The second kappa shape index (κ2) is 4.79. The van der Waals surface area contributed by atoms with Crippen molar-refractivity contribution in [3.05, 3.63) is 15.0 Å². The van der Waals surface area contributed by atoms with Crippen molar-refractivity contribution in [2.24, 2.45) is 5.73 Å². The van der Waals surface area contributed by atoms with E-state index in [0.717, 1.165) is 4.68 Å². The number of primary amides is 1. The van der Waals surface area contributed by atoms with Gasteiger partial charge in [-0.05, 0) is 22.6 Å². The third-order valence-corrected chi connectivity index (χ3v) is 3.68. The van der Waals surface area contributed by atoms with E-state index < -0.39 is 37.3 Å². The van der Waals surface area contributed by atoms with E-state index in [1.165, 1.54) is 0 Å². The van der Waals surface area contributed by atoms with E-state index in [1.54, 1.807) is 22.6 Å². The molecule has 110 valence electrons. The largest absolute Gasteiger partial charge is 0.465 e. The van der Waals surface area contributed by atoms with Gasteiger partial charge in [0.05, 0.1) is 24.3 Å². The monoisotopic (exact) mass is 404 g/mol. The molecule has 1 aromatic rings. The summed E-state index contributed by atoms with van der Waals surface area (Å²) in [4.78, 5) is 22.5. The number of fused-ring (bicyclic) bond motifs is 1. The van der Waals surface area contributed by atoms with Crippen molar-refractivity contribution >= 4 is 34.6 Å². The van der Waals surface area contributed by atoms with Crippen molar-refractivity contribution in [2.75, 3.05) is 0 Å². The molecule has 3 N–H and O–H groups in total. The Kier molecular flexibility index (Phi) is 3.56. The highest BCUT2D eigenvalue weighted by Gasteiger charge is 2.49. The van der Waals surface area contributed by atoms with Gasteiger partial charge in [0.1, 0.15) is 3.70 Å². The summed E-state index contributed by atoms with van der Waals surface area (Å²) in [7, 11) is 0. The highest BCUT2D eigenvalue weighted by Crippen LogP contribution is 2.32. The van der Waals surface area contributed by atoms with Crippen LogP contribution in [0.15, 0.2) is 0 Å². The molecule has 2 rings (SSSR count). The Morgan fingerprint density at radius 1 is 1.45 bits per heavy atom. The van der Waals surface area contributed by atoms with Gasteiger partial charge in [-0.15, -0.1) is 0 Å². The van der Waals surface area contributed by atoms with Crippen LogP contribution in [0.25, 0.3) is 0 Å². The number of aromatic nitrogens is 2. The average Bonchev–Trinajstić information content (AvgIpc) is 2.60. The van der Waals surface area contributed by atoms with Gasteiger partial charge in [0.15, 0.2) is 6.04 Å². The standard InChI is InChI=1S/C9H8F3IN4O3/c10-9(11,12)4-2-17-3(1-16(4)8(19)20)5(7(14)18)6(13)15-17/h4H,1-2H2,(H2,14,18)(H,19,20). The molecule has 0 aliphatic carbocycles. The lowest BCUT2D eigenvalue weighted by atomic mass is 10.1. The van der Waals surface area contributed by atoms with Crippen molar-refractivity contribution in [2.45, 2.75) is 25.3 Å². The van der Waals surface area contributed by atoms with Crippen molar-refractivity contribution in [1.29, 1.82) is 0 Å². The molecule has 11 heteroatoms. The summed E-state index contributed by atoms with van der Waals surface area (Å²) in [5.41, 5.74) is 5.17. The third-order valence-electron chi connectivity index (χ3n) is 2.93. The van der Waals surface area contributed by atoms with Crippen LogP contribution in [0.5, 0.6) is 0 Å². The van der Waals surface area contributed by atoms with Gasteiger partial charge >= 0.3 is 12.3 Å². The lowest BCUT2D eigenvalue weighted by molar-refractivity contribution is -0.187. The van der Waals surface area contributed by atoms with Crippen LogP contribution in [-0.2, 0) is 13.1 Å². The van der Waals surface area contributed by atoms with E-state index in [-0.39, 0.29) is 19.9 Å². The van der Waals surface area contributed by atoms with Gasteiger partial charge < -0.3 is 10.8 Å². The number of hydrogen-bond donors (Lipinski definition) is 2. The maximum Gasteiger partial charge on any atom is 0.410 e. The number of nitrogens with zero attached hydrogens (tertiary/aromatic N) is 3. The number of carboxylic acid groups (broad SMARTS) is 1. The molecule has 1 aliphatic rings. The normalized spacial score (nSPS) is 18.8. The summed E-state index contributed by atoms with van der Waals surface area (Å²) in [5.74, 6) is -0.855. The molecule has 1 aliphatic heterocycles. The number of amides is 2. The molecule has 2 amide bonds. The summed E-state index contributed by atoms with van der Waals surface area (Å²) in [6.07, 6.45) is -6.44. The van der Waals surface area contributed by atoms with E-state index in [2.05, 4.69) is 5.10 Å². The molecule has 0 spiro atoms. The van der Waals surface area contributed by atoms with Crippen molar-refractivity contribution in [3.8, 4) is 0 Å². The first-order valence-corrected chi connectivity index (χ1v) is 6.32. The zero-order chi connectivity index (χ0) is 15.2. The number of alkyl halides is 3. The first-order valence-electron chi connectivity index (χ1n) is 5.24. The number of carbonyl (C=O) groups excluding carboxylic acids is 1. The van der Waals surface area contributed by atoms with E-state index >= 15 is 0 Å². The van der Waals surface area contributed by atoms with Crippen LogP contribution in [0.3, 0.4) is 0 Å². The van der Waals surface area contributed by atoms with Gasteiger partial charge in [-0.1, -0.05) is 0 Å². The first-order chi connectivity index (χ1) is 9.12. The minimum absolute atomic E-state index is 0.0440. The lowest BCUT2D eigenvalue weighted by Crippen LogP contribution is -2.53. The van der Waals surface area contributed by atoms with Crippen LogP contribution in [0.1, 0.15) is 16.1 Å². The van der Waals surface area contributed by atoms with Crippen molar-refractivity contribution in [3.63, 3.8) is 0 Å². The van der Waals surface area contributed by atoms with E-state index in [0.29, 0.717) is 0 Å². The average molecular weight is 404 g/mol. The molecule has 1 atom stereocenters. The quantitative estimate of drug-likeness (QED) is 0.683. The van der Waals surface area contributed by atoms with Gasteiger partial charge in [0.25, 0.3) is 5.91 Å². The van der Waals surface area contributed by atoms with Crippen molar-refractivity contribution in [1.82, 2.24) is 14.7 Å². The molecule has 0 saturated carbocycles. The number of carbonyl (C=O) groups is 2. The topological polar surface area (TPSA) is 101 Å². The highest BCUT2D eigenvalue weighted by molar-refractivity contribution is 14.1.